The number of thiazole rings is 1. The first-order valence-electron chi connectivity index (χ1n) is 9.46. The molecule has 0 aliphatic heterocycles. The van der Waals surface area contributed by atoms with Crippen molar-refractivity contribution in [2.45, 2.75) is 19.3 Å². The highest BCUT2D eigenvalue weighted by Gasteiger charge is 2.34. The van der Waals surface area contributed by atoms with Gasteiger partial charge in [-0.3, -0.25) is 9.59 Å². The molecule has 0 saturated heterocycles. The second-order valence-electron chi connectivity index (χ2n) is 7.13. The van der Waals surface area contributed by atoms with Crippen LogP contribution in [0, 0.1) is 0 Å². The largest absolute Gasteiger partial charge is 0.418 e. The lowest BCUT2D eigenvalue weighted by Crippen LogP contribution is -2.27. The zero-order chi connectivity index (χ0) is 25.0. The molecule has 0 fully saturated rings. The van der Waals surface area contributed by atoms with E-state index in [1.165, 1.54) is 12.5 Å². The van der Waals surface area contributed by atoms with Crippen LogP contribution in [0.1, 0.15) is 36.3 Å². The first-order valence-corrected chi connectivity index (χ1v) is 10.7. The number of amides is 2. The fourth-order valence-corrected chi connectivity index (χ4v) is 3.70. The van der Waals surface area contributed by atoms with E-state index < -0.39 is 28.6 Å². The van der Waals surface area contributed by atoms with Crippen molar-refractivity contribution in [2.75, 3.05) is 25.1 Å². The molecule has 0 atom stereocenters. The molecule has 15 heteroatoms. The molecule has 3 aromatic heterocycles. The van der Waals surface area contributed by atoms with Crippen molar-refractivity contribution < 1.29 is 22.8 Å². The number of nitrogen functional groups attached to an aromatic ring is 1. The van der Waals surface area contributed by atoms with Crippen LogP contribution in [-0.4, -0.2) is 50.7 Å². The minimum Gasteiger partial charge on any atom is -0.383 e. The maximum Gasteiger partial charge on any atom is 0.418 e. The van der Waals surface area contributed by atoms with E-state index in [0.717, 1.165) is 17.5 Å². The van der Waals surface area contributed by atoms with E-state index in [9.17, 15) is 22.8 Å². The number of halogens is 4. The number of aromatic nitrogens is 4. The van der Waals surface area contributed by atoms with Crippen LogP contribution >= 0.6 is 22.9 Å². The van der Waals surface area contributed by atoms with Crippen LogP contribution in [0.4, 0.5) is 24.8 Å². The summed E-state index contributed by atoms with van der Waals surface area (Å²) in [6.07, 6.45) is -1.47. The number of hydrogen-bond donors (Lipinski definition) is 3. The van der Waals surface area contributed by atoms with Crippen molar-refractivity contribution in [3.8, 4) is 0 Å². The Hall–Kier alpha value is -3.36. The molecule has 3 rings (SSSR count). The van der Waals surface area contributed by atoms with E-state index in [2.05, 4.69) is 30.6 Å². The number of carbonyl (C=O) groups is 2. The van der Waals surface area contributed by atoms with Gasteiger partial charge in [-0.05, 0) is 20.2 Å². The SMILES string of the molecule is CN(C)Cc1c(N)ncnc1C(=O)NCc1ncc(C(=O)Nc2cc(C(F)(F)F)c(Cl)cn2)s1. The number of nitrogens with zero attached hydrogens (tertiary/aromatic N) is 5. The molecule has 4 N–H and O–H groups in total. The van der Waals surface area contributed by atoms with Crippen LogP contribution in [0.2, 0.25) is 5.02 Å². The predicted octanol–water partition coefficient (Wildman–Crippen LogP) is 2.83. The molecule has 180 valence electrons. The maximum atomic E-state index is 13.0. The van der Waals surface area contributed by atoms with Crippen molar-refractivity contribution in [3.05, 3.63) is 56.5 Å². The van der Waals surface area contributed by atoms with E-state index in [1.54, 1.807) is 14.1 Å². The molecule has 10 nitrogen and oxygen atoms in total. The maximum absolute atomic E-state index is 13.0. The van der Waals surface area contributed by atoms with Crippen LogP contribution in [0.5, 0.6) is 0 Å². The van der Waals surface area contributed by atoms with Crippen LogP contribution in [0.25, 0.3) is 0 Å². The molecular weight excluding hydrogens is 497 g/mol. The number of alkyl halides is 3. The van der Waals surface area contributed by atoms with Gasteiger partial charge in [0, 0.05) is 18.3 Å². The molecule has 3 aromatic rings. The predicted molar refractivity (Wildman–Crippen MR) is 119 cm³/mol. The fraction of sp³-hybridized carbons (Fsp3) is 0.263. The normalized spacial score (nSPS) is 11.5. The number of anilines is 2. The second kappa shape index (κ2) is 10.3. The van der Waals surface area contributed by atoms with Crippen molar-refractivity contribution in [1.29, 1.82) is 0 Å². The molecule has 0 aromatic carbocycles. The van der Waals surface area contributed by atoms with Crippen molar-refractivity contribution in [2.24, 2.45) is 0 Å². The molecule has 0 aliphatic carbocycles. The second-order valence-corrected chi connectivity index (χ2v) is 8.65. The lowest BCUT2D eigenvalue weighted by atomic mass is 10.2. The van der Waals surface area contributed by atoms with E-state index in [4.69, 9.17) is 17.3 Å². The Morgan fingerprint density at radius 2 is 1.88 bits per heavy atom. The minimum absolute atomic E-state index is 0.0144. The third-order valence-electron chi connectivity index (χ3n) is 4.25. The van der Waals surface area contributed by atoms with Gasteiger partial charge in [-0.15, -0.1) is 11.3 Å². The number of carbonyl (C=O) groups excluding carboxylic acids is 2. The number of hydrogen-bond acceptors (Lipinski definition) is 9. The average Bonchev–Trinajstić information content (AvgIpc) is 3.23. The van der Waals surface area contributed by atoms with Crippen LogP contribution in [0.3, 0.4) is 0 Å². The van der Waals surface area contributed by atoms with E-state index in [0.29, 0.717) is 23.2 Å². The first kappa shape index (κ1) is 25.3. The molecule has 0 unspecified atom stereocenters. The Morgan fingerprint density at radius 3 is 2.56 bits per heavy atom. The van der Waals surface area contributed by atoms with E-state index >= 15 is 0 Å². The average molecular weight is 515 g/mol. The number of nitrogens with one attached hydrogen (secondary N) is 2. The summed E-state index contributed by atoms with van der Waals surface area (Å²) in [5.74, 6) is -1.35. The van der Waals surface area contributed by atoms with E-state index in [1.807, 2.05) is 4.90 Å². The molecule has 3 heterocycles. The molecule has 0 saturated carbocycles. The molecule has 0 radical (unpaired) electrons. The number of rotatable bonds is 7. The molecule has 0 spiro atoms. The Morgan fingerprint density at radius 1 is 1.15 bits per heavy atom. The summed E-state index contributed by atoms with van der Waals surface area (Å²) in [6, 6.07) is 0.640. The Labute approximate surface area is 200 Å². The third-order valence-corrected chi connectivity index (χ3v) is 5.55. The molecule has 0 bridgehead atoms. The topological polar surface area (TPSA) is 139 Å². The van der Waals surface area contributed by atoms with Crippen molar-refractivity contribution >= 4 is 46.4 Å². The Kier molecular flexibility index (Phi) is 7.64. The highest BCUT2D eigenvalue weighted by Crippen LogP contribution is 2.35. The zero-order valence-corrected chi connectivity index (χ0v) is 19.3. The summed E-state index contributed by atoms with van der Waals surface area (Å²) in [5.41, 5.74) is 5.34. The van der Waals surface area contributed by atoms with Crippen molar-refractivity contribution in [3.63, 3.8) is 0 Å². The monoisotopic (exact) mass is 514 g/mol. The van der Waals surface area contributed by atoms with Gasteiger partial charge < -0.3 is 21.3 Å². The standard InChI is InChI=1S/C19H18ClF3N8O2S/c1-31(2)7-9-15(28-8-29-16(9)24)18(33)27-6-14-26-5-12(34-14)17(32)30-13-3-10(19(21,22)23)11(20)4-25-13/h3-5,8H,6-7H2,1-2H3,(H,27,33)(H2,24,28,29)(H,25,30,32). The summed E-state index contributed by atoms with van der Waals surface area (Å²) in [6.45, 7) is 0.339. The van der Waals surface area contributed by atoms with E-state index in [-0.39, 0.29) is 28.8 Å². The molecule has 34 heavy (non-hydrogen) atoms. The van der Waals surface area contributed by atoms with Gasteiger partial charge in [0.15, 0.2) is 0 Å². The summed E-state index contributed by atoms with van der Waals surface area (Å²) in [4.78, 5) is 42.6. The Bertz CT molecular complexity index is 1220. The van der Waals surface area contributed by atoms with Crippen molar-refractivity contribution in [1.82, 2.24) is 30.2 Å². The zero-order valence-electron chi connectivity index (χ0n) is 17.8. The van der Waals surface area contributed by atoms with Crippen LogP contribution in [-0.2, 0) is 19.3 Å². The molecule has 2 amide bonds. The lowest BCUT2D eigenvalue weighted by molar-refractivity contribution is -0.137. The third kappa shape index (κ3) is 6.15. The van der Waals surface area contributed by atoms with Gasteiger partial charge >= 0.3 is 6.18 Å². The lowest BCUT2D eigenvalue weighted by Gasteiger charge is -2.14. The van der Waals surface area contributed by atoms with Gasteiger partial charge in [-0.2, -0.15) is 13.2 Å². The number of nitrogens with two attached hydrogens (primary N) is 1. The fourth-order valence-electron chi connectivity index (χ4n) is 2.73. The van der Waals surface area contributed by atoms with Gasteiger partial charge in [0.1, 0.15) is 33.5 Å². The molecule has 0 aliphatic rings. The Balaban J connectivity index is 1.66. The molecular formula is C19H18ClF3N8O2S. The summed E-state index contributed by atoms with van der Waals surface area (Å²) < 4.78 is 39.0. The van der Waals surface area contributed by atoms with Gasteiger partial charge in [0.2, 0.25) is 0 Å². The minimum atomic E-state index is -4.70. The summed E-state index contributed by atoms with van der Waals surface area (Å²) in [5, 5.41) is 4.72. The number of pyridine rings is 1. The van der Waals surface area contributed by atoms with Gasteiger partial charge in [0.25, 0.3) is 11.8 Å². The van der Waals surface area contributed by atoms with Crippen LogP contribution in [0.15, 0.2) is 24.8 Å². The van der Waals surface area contributed by atoms with Gasteiger partial charge in [-0.1, -0.05) is 11.6 Å². The summed E-state index contributed by atoms with van der Waals surface area (Å²) >= 11 is 6.48. The van der Waals surface area contributed by atoms with Crippen LogP contribution < -0.4 is 16.4 Å². The highest BCUT2D eigenvalue weighted by molar-refractivity contribution is 7.13. The summed E-state index contributed by atoms with van der Waals surface area (Å²) in [7, 11) is 3.61. The first-order chi connectivity index (χ1) is 16.0. The highest BCUT2D eigenvalue weighted by atomic mass is 35.5. The van der Waals surface area contributed by atoms with Gasteiger partial charge in [0.05, 0.1) is 23.3 Å². The quantitative estimate of drug-likeness (QED) is 0.437. The van der Waals surface area contributed by atoms with Gasteiger partial charge in [-0.25, -0.2) is 19.9 Å². The smallest absolute Gasteiger partial charge is 0.383 e.